The minimum absolute atomic E-state index is 0.266. The van der Waals surface area contributed by atoms with Gasteiger partial charge in [-0.05, 0) is 36.8 Å². The van der Waals surface area contributed by atoms with Gasteiger partial charge in [0.2, 0.25) is 0 Å². The van der Waals surface area contributed by atoms with Crippen LogP contribution in [0.2, 0.25) is 0 Å². The van der Waals surface area contributed by atoms with Gasteiger partial charge >= 0.3 is 12.1 Å². The molecule has 0 aliphatic carbocycles. The van der Waals surface area contributed by atoms with Gasteiger partial charge in [-0.25, -0.2) is 9.59 Å². The van der Waals surface area contributed by atoms with Gasteiger partial charge in [-0.1, -0.05) is 78.9 Å². The molecule has 0 radical (unpaired) electrons. The van der Waals surface area contributed by atoms with Crippen molar-refractivity contribution in [3.63, 3.8) is 0 Å². The maximum atomic E-state index is 13.8. The van der Waals surface area contributed by atoms with Crippen LogP contribution in [0.25, 0.3) is 21.5 Å². The van der Waals surface area contributed by atoms with Gasteiger partial charge in [0, 0.05) is 17.3 Å². The van der Waals surface area contributed by atoms with Gasteiger partial charge in [-0.15, -0.1) is 6.58 Å². The first kappa shape index (κ1) is 23.4. The van der Waals surface area contributed by atoms with Crippen molar-refractivity contribution >= 4 is 45.0 Å². The van der Waals surface area contributed by atoms with E-state index in [2.05, 4.69) is 11.9 Å². The van der Waals surface area contributed by atoms with Crippen molar-refractivity contribution in [2.75, 3.05) is 16.8 Å². The third kappa shape index (κ3) is 3.74. The lowest BCUT2D eigenvalue weighted by Gasteiger charge is -2.38. The Morgan fingerprint density at radius 1 is 0.972 bits per heavy atom. The second-order valence-corrected chi connectivity index (χ2v) is 9.38. The van der Waals surface area contributed by atoms with Crippen LogP contribution in [-0.4, -0.2) is 45.5 Å². The minimum atomic E-state index is -1.01. The second kappa shape index (κ2) is 9.02. The lowest BCUT2D eigenvalue weighted by molar-refractivity contribution is -0.0940. The molecule has 4 aromatic carbocycles. The third-order valence-corrected chi connectivity index (χ3v) is 6.82. The van der Waals surface area contributed by atoms with E-state index in [4.69, 9.17) is 0 Å². The van der Waals surface area contributed by atoms with Crippen LogP contribution in [0, 0.1) is 0 Å². The highest BCUT2D eigenvalue weighted by molar-refractivity contribution is 6.06. The zero-order chi connectivity index (χ0) is 25.4. The van der Waals surface area contributed by atoms with Crippen LogP contribution in [0.5, 0.6) is 0 Å². The molecule has 4 aromatic rings. The molecule has 1 saturated heterocycles. The molecule has 0 saturated carbocycles. The maximum Gasteiger partial charge on any atom is 0.347 e. The van der Waals surface area contributed by atoms with E-state index in [0.717, 1.165) is 21.5 Å². The Bertz CT molecular complexity index is 1470. The molecular formula is C29H28N4O3. The summed E-state index contributed by atoms with van der Waals surface area (Å²) < 4.78 is 0. The number of carbonyl (C=O) groups is 2. The number of hydrogen-bond donors (Lipinski definition) is 2. The van der Waals surface area contributed by atoms with Crippen molar-refractivity contribution in [3.8, 4) is 0 Å². The molecule has 7 nitrogen and oxygen atoms in total. The molecule has 1 atom stereocenters. The molecule has 1 heterocycles. The zero-order valence-electron chi connectivity index (χ0n) is 20.3. The normalized spacial score (nSPS) is 17.0. The Morgan fingerprint density at radius 2 is 1.56 bits per heavy atom. The summed E-state index contributed by atoms with van der Waals surface area (Å²) in [6, 6.07) is 25.6. The van der Waals surface area contributed by atoms with Crippen molar-refractivity contribution in [2.24, 2.45) is 0 Å². The summed E-state index contributed by atoms with van der Waals surface area (Å²) in [6.45, 7) is 7.72. The molecule has 0 bridgehead atoms. The van der Waals surface area contributed by atoms with Crippen LogP contribution in [0.15, 0.2) is 97.6 Å². The number of amides is 4. The van der Waals surface area contributed by atoms with E-state index >= 15 is 0 Å². The zero-order valence-corrected chi connectivity index (χ0v) is 20.3. The Kier molecular flexibility index (Phi) is 5.86. The van der Waals surface area contributed by atoms with Crippen LogP contribution < -0.4 is 10.2 Å². The number of benzene rings is 4. The molecule has 0 spiro atoms. The van der Waals surface area contributed by atoms with E-state index in [1.807, 2.05) is 92.7 Å². The highest BCUT2D eigenvalue weighted by Crippen LogP contribution is 2.40. The number of hydrogen-bond acceptors (Lipinski definition) is 3. The summed E-state index contributed by atoms with van der Waals surface area (Å²) >= 11 is 0. The molecule has 36 heavy (non-hydrogen) atoms. The number of fused-ring (bicyclic) bond motifs is 2. The molecule has 182 valence electrons. The molecule has 2 N–H and O–H groups in total. The standard InChI is InChI=1S/C29H28N4O3/c1-4-19-31-28(35)32(25-18-10-14-21-12-6-8-16-23(21)25)26(29(31,2)3)33(36)27(34)30-24-17-9-13-20-11-5-7-15-22(20)24/h4-18,26,36H,1,19H2,2-3H3,(H,30,34)/t26-/m0/s1. The second-order valence-electron chi connectivity index (χ2n) is 9.38. The molecule has 0 aromatic heterocycles. The van der Waals surface area contributed by atoms with Crippen LogP contribution in [0.4, 0.5) is 21.0 Å². The molecule has 4 amide bonds. The Balaban J connectivity index is 1.57. The van der Waals surface area contributed by atoms with Crippen molar-refractivity contribution < 1.29 is 14.8 Å². The molecule has 1 fully saturated rings. The summed E-state index contributed by atoms with van der Waals surface area (Å²) in [4.78, 5) is 30.3. The van der Waals surface area contributed by atoms with Crippen LogP contribution in [0.1, 0.15) is 13.8 Å². The number of hydroxylamine groups is 2. The smallest absolute Gasteiger partial charge is 0.311 e. The largest absolute Gasteiger partial charge is 0.347 e. The lowest BCUT2D eigenvalue weighted by Crippen LogP contribution is -2.58. The molecule has 1 aliphatic rings. The van der Waals surface area contributed by atoms with Crippen molar-refractivity contribution in [1.29, 1.82) is 0 Å². The predicted octanol–water partition coefficient (Wildman–Crippen LogP) is 6.45. The lowest BCUT2D eigenvalue weighted by atomic mass is 9.99. The summed E-state index contributed by atoms with van der Waals surface area (Å²) in [5.41, 5.74) is 0.242. The van der Waals surface area contributed by atoms with E-state index < -0.39 is 17.7 Å². The first-order chi connectivity index (χ1) is 17.3. The van der Waals surface area contributed by atoms with Gasteiger partial charge < -0.3 is 10.2 Å². The van der Waals surface area contributed by atoms with Gasteiger partial charge in [-0.2, -0.15) is 5.06 Å². The van der Waals surface area contributed by atoms with Crippen molar-refractivity contribution in [3.05, 3.63) is 97.6 Å². The molecule has 0 unspecified atom stereocenters. The van der Waals surface area contributed by atoms with E-state index in [-0.39, 0.29) is 12.6 Å². The first-order valence-electron chi connectivity index (χ1n) is 11.8. The first-order valence-corrected chi connectivity index (χ1v) is 11.8. The number of anilines is 2. The SMILES string of the molecule is C=CCN1C(=O)N(c2cccc3ccccc23)[C@@H](N(O)C(=O)Nc2cccc3ccccc23)C1(C)C. The Morgan fingerprint density at radius 3 is 2.25 bits per heavy atom. The fourth-order valence-electron chi connectivity index (χ4n) is 5.06. The van der Waals surface area contributed by atoms with Gasteiger partial charge in [0.05, 0.1) is 16.9 Å². The summed E-state index contributed by atoms with van der Waals surface area (Å²) in [5, 5.41) is 18.4. The highest BCUT2D eigenvalue weighted by Gasteiger charge is 2.56. The Hall–Kier alpha value is -4.36. The van der Waals surface area contributed by atoms with Gasteiger partial charge in [0.1, 0.15) is 0 Å². The quantitative estimate of drug-likeness (QED) is 0.196. The highest BCUT2D eigenvalue weighted by atomic mass is 16.5. The van der Waals surface area contributed by atoms with E-state index in [0.29, 0.717) is 16.4 Å². The number of rotatable bonds is 5. The number of carbonyl (C=O) groups excluding carboxylic acids is 2. The van der Waals surface area contributed by atoms with Gasteiger partial charge in [0.15, 0.2) is 6.17 Å². The van der Waals surface area contributed by atoms with Crippen LogP contribution in [0.3, 0.4) is 0 Å². The summed E-state index contributed by atoms with van der Waals surface area (Å²) in [5.74, 6) is 0. The summed E-state index contributed by atoms with van der Waals surface area (Å²) in [7, 11) is 0. The van der Waals surface area contributed by atoms with Crippen LogP contribution >= 0.6 is 0 Å². The summed E-state index contributed by atoms with van der Waals surface area (Å²) in [6.07, 6.45) is 0.632. The molecular weight excluding hydrogens is 452 g/mol. The number of nitrogens with one attached hydrogen (secondary N) is 1. The molecule has 5 rings (SSSR count). The average Bonchev–Trinajstić information content (AvgIpc) is 3.08. The molecule has 1 aliphatic heterocycles. The average molecular weight is 481 g/mol. The topological polar surface area (TPSA) is 76.1 Å². The van der Waals surface area contributed by atoms with E-state index in [1.165, 1.54) is 4.90 Å². The van der Waals surface area contributed by atoms with Gasteiger partial charge in [0.25, 0.3) is 0 Å². The van der Waals surface area contributed by atoms with Crippen molar-refractivity contribution in [1.82, 2.24) is 9.96 Å². The third-order valence-electron chi connectivity index (χ3n) is 6.82. The fourth-order valence-corrected chi connectivity index (χ4v) is 5.06. The minimum Gasteiger partial charge on any atom is -0.311 e. The van der Waals surface area contributed by atoms with Gasteiger partial charge in [-0.3, -0.25) is 10.1 Å². The number of nitrogens with zero attached hydrogens (tertiary/aromatic N) is 3. The van der Waals surface area contributed by atoms with Crippen LogP contribution in [-0.2, 0) is 0 Å². The van der Waals surface area contributed by atoms with Crippen molar-refractivity contribution in [2.45, 2.75) is 25.6 Å². The fraction of sp³-hybridized carbons (Fsp3) is 0.172. The molecule has 7 heteroatoms. The van der Waals surface area contributed by atoms with E-state index in [9.17, 15) is 14.8 Å². The van der Waals surface area contributed by atoms with E-state index in [1.54, 1.807) is 17.0 Å². The Labute approximate surface area is 209 Å². The maximum absolute atomic E-state index is 13.8. The monoisotopic (exact) mass is 480 g/mol. The predicted molar refractivity (Wildman–Crippen MR) is 143 cm³/mol. The number of urea groups is 2.